The number of hydrogen-bond donors (Lipinski definition) is 1. The van der Waals surface area contributed by atoms with E-state index in [1.165, 1.54) is 24.3 Å². The van der Waals surface area contributed by atoms with Crippen LogP contribution in [0.4, 0.5) is 14.5 Å². The fourth-order valence-corrected chi connectivity index (χ4v) is 3.86. The Kier molecular flexibility index (Phi) is 5.50. The second-order valence-corrected chi connectivity index (χ2v) is 7.77. The number of nitrogens with zero attached hydrogens (tertiary/aromatic N) is 1. The Hall–Kier alpha value is -3.98. The van der Waals surface area contributed by atoms with E-state index in [2.05, 4.69) is 5.32 Å². The number of hydrogen-bond acceptors (Lipinski definition) is 4. The first kappa shape index (κ1) is 21.3. The average molecular weight is 432 g/mol. The van der Waals surface area contributed by atoms with Crippen LogP contribution in [0.25, 0.3) is 22.3 Å². The number of benzene rings is 3. The van der Waals surface area contributed by atoms with Crippen LogP contribution in [0.3, 0.4) is 0 Å². The van der Waals surface area contributed by atoms with Gasteiger partial charge in [0.05, 0.1) is 17.1 Å². The molecule has 162 valence electrons. The van der Waals surface area contributed by atoms with Crippen LogP contribution in [-0.2, 0) is 0 Å². The van der Waals surface area contributed by atoms with E-state index >= 15 is 0 Å². The third kappa shape index (κ3) is 3.74. The molecule has 0 saturated heterocycles. The maximum Gasteiger partial charge on any atom is 0.196 e. The average Bonchev–Trinajstić information content (AvgIpc) is 2.76. The predicted octanol–water partition coefficient (Wildman–Crippen LogP) is 6.65. The lowest BCUT2D eigenvalue weighted by Crippen LogP contribution is -2.13. The molecule has 1 aromatic heterocycles. The quantitative estimate of drug-likeness (QED) is 0.392. The minimum Gasteiger partial charge on any atom is -0.455 e. The molecule has 1 heterocycles. The molecule has 0 amide bonds. The summed E-state index contributed by atoms with van der Waals surface area (Å²) in [6, 6.07) is 15.3. The summed E-state index contributed by atoms with van der Waals surface area (Å²) in [6.07, 6.45) is 0. The molecule has 0 aliphatic rings. The van der Waals surface area contributed by atoms with Gasteiger partial charge in [-0.15, -0.1) is 0 Å². The SMILES string of the molecule is Cc1cc([C@@H](C)Nc2cccc(F)c2C#N)c2oc(-c3cccc(F)c3)c(C)c(=O)c2c1.[HH]. The largest absolute Gasteiger partial charge is 0.455 e. The van der Waals surface area contributed by atoms with Gasteiger partial charge in [0.25, 0.3) is 0 Å². The van der Waals surface area contributed by atoms with Crippen LogP contribution in [0.15, 0.2) is 63.8 Å². The predicted molar refractivity (Wildman–Crippen MR) is 123 cm³/mol. The lowest BCUT2D eigenvalue weighted by Gasteiger charge is -2.19. The van der Waals surface area contributed by atoms with Crippen molar-refractivity contribution in [2.75, 3.05) is 5.32 Å². The Morgan fingerprint density at radius 3 is 2.56 bits per heavy atom. The molecule has 3 aromatic carbocycles. The van der Waals surface area contributed by atoms with E-state index in [1.807, 2.05) is 26.0 Å². The zero-order valence-corrected chi connectivity index (χ0v) is 17.8. The zero-order chi connectivity index (χ0) is 23.0. The van der Waals surface area contributed by atoms with Gasteiger partial charge in [-0.1, -0.05) is 24.3 Å². The van der Waals surface area contributed by atoms with Crippen LogP contribution >= 0.6 is 0 Å². The van der Waals surface area contributed by atoms with Crippen molar-refractivity contribution in [2.45, 2.75) is 26.8 Å². The normalized spacial score (nSPS) is 11.9. The van der Waals surface area contributed by atoms with Crippen molar-refractivity contribution < 1.29 is 14.6 Å². The molecule has 0 fully saturated rings. The number of fused-ring (bicyclic) bond motifs is 1. The molecule has 0 unspecified atom stereocenters. The zero-order valence-electron chi connectivity index (χ0n) is 17.8. The van der Waals surface area contributed by atoms with Gasteiger partial charge in [-0.3, -0.25) is 4.79 Å². The summed E-state index contributed by atoms with van der Waals surface area (Å²) in [4.78, 5) is 13.2. The van der Waals surface area contributed by atoms with Gasteiger partial charge < -0.3 is 9.73 Å². The van der Waals surface area contributed by atoms with E-state index in [1.54, 1.807) is 31.2 Å². The molecule has 32 heavy (non-hydrogen) atoms. The molecule has 1 atom stereocenters. The van der Waals surface area contributed by atoms with Crippen molar-refractivity contribution in [1.29, 1.82) is 5.26 Å². The molecular weight excluding hydrogens is 410 g/mol. The van der Waals surface area contributed by atoms with Crippen LogP contribution in [0.2, 0.25) is 0 Å². The van der Waals surface area contributed by atoms with Gasteiger partial charge in [0.1, 0.15) is 34.6 Å². The first-order valence-electron chi connectivity index (χ1n) is 10.1. The smallest absolute Gasteiger partial charge is 0.196 e. The first-order valence-corrected chi connectivity index (χ1v) is 10.1. The molecule has 0 aliphatic carbocycles. The molecule has 0 bridgehead atoms. The summed E-state index contributed by atoms with van der Waals surface area (Å²) >= 11 is 0. The van der Waals surface area contributed by atoms with E-state index in [0.717, 1.165) is 5.56 Å². The van der Waals surface area contributed by atoms with Gasteiger partial charge in [0.15, 0.2) is 5.43 Å². The molecule has 4 aromatic rings. The van der Waals surface area contributed by atoms with Gasteiger partial charge in [-0.05, 0) is 56.7 Å². The van der Waals surface area contributed by atoms with Crippen LogP contribution in [0.5, 0.6) is 0 Å². The number of nitrogens with one attached hydrogen (secondary N) is 1. The molecule has 0 spiro atoms. The maximum absolute atomic E-state index is 14.0. The highest BCUT2D eigenvalue weighted by Gasteiger charge is 2.20. The van der Waals surface area contributed by atoms with Gasteiger partial charge >= 0.3 is 0 Å². The van der Waals surface area contributed by atoms with E-state index in [0.29, 0.717) is 39.1 Å². The van der Waals surface area contributed by atoms with Gasteiger partial charge in [0, 0.05) is 18.1 Å². The van der Waals surface area contributed by atoms with E-state index in [9.17, 15) is 18.8 Å². The van der Waals surface area contributed by atoms with Crippen LogP contribution in [0, 0.1) is 36.8 Å². The molecule has 4 nitrogen and oxygen atoms in total. The fourth-order valence-electron chi connectivity index (χ4n) is 3.86. The minimum atomic E-state index is -0.616. The second kappa shape index (κ2) is 8.27. The Morgan fingerprint density at radius 1 is 1.09 bits per heavy atom. The van der Waals surface area contributed by atoms with E-state index < -0.39 is 17.7 Å². The standard InChI is InChI=1S/C26H20F2N2O2.H2/c1-14-10-19(16(3)30-23-9-5-8-22(28)21(23)13-29)26-20(11-14)24(31)15(2)25(32-26)17-6-4-7-18(27)12-17;/h4-12,16,30H,1-3H3;1H/t16-;/m1./s1. The van der Waals surface area contributed by atoms with Crippen molar-refractivity contribution in [2.24, 2.45) is 0 Å². The molecule has 0 aliphatic heterocycles. The highest BCUT2D eigenvalue weighted by molar-refractivity contribution is 5.84. The van der Waals surface area contributed by atoms with Crippen molar-refractivity contribution in [3.05, 3.63) is 98.7 Å². The number of aryl methyl sites for hydroxylation is 1. The first-order chi connectivity index (χ1) is 15.3. The summed E-state index contributed by atoms with van der Waals surface area (Å²) in [5.41, 5.74) is 2.78. The Balaban J connectivity index is 0.00000306. The van der Waals surface area contributed by atoms with Crippen LogP contribution in [0.1, 0.15) is 36.6 Å². The number of halogens is 2. The third-order valence-electron chi connectivity index (χ3n) is 5.44. The molecular formula is C26H22F2N2O2. The van der Waals surface area contributed by atoms with Crippen LogP contribution < -0.4 is 10.7 Å². The Labute approximate surface area is 185 Å². The Morgan fingerprint density at radius 2 is 1.84 bits per heavy atom. The monoisotopic (exact) mass is 432 g/mol. The summed E-state index contributed by atoms with van der Waals surface area (Å²) < 4.78 is 34.1. The highest BCUT2D eigenvalue weighted by atomic mass is 19.1. The number of nitriles is 1. The van der Waals surface area contributed by atoms with Gasteiger partial charge in [-0.25, -0.2) is 8.78 Å². The maximum atomic E-state index is 14.0. The summed E-state index contributed by atoms with van der Waals surface area (Å²) in [7, 11) is 0. The minimum absolute atomic E-state index is 0. The molecule has 6 heteroatoms. The Bertz CT molecular complexity index is 1460. The van der Waals surface area contributed by atoms with Crippen molar-refractivity contribution >= 4 is 16.7 Å². The molecule has 4 rings (SSSR count). The van der Waals surface area contributed by atoms with E-state index in [4.69, 9.17) is 4.42 Å². The van der Waals surface area contributed by atoms with Crippen LogP contribution in [-0.4, -0.2) is 0 Å². The van der Waals surface area contributed by atoms with Gasteiger partial charge in [0.2, 0.25) is 0 Å². The topological polar surface area (TPSA) is 66.0 Å². The fraction of sp³-hybridized carbons (Fsp3) is 0.154. The van der Waals surface area contributed by atoms with Crippen molar-refractivity contribution in [3.8, 4) is 17.4 Å². The summed E-state index contributed by atoms with van der Waals surface area (Å²) in [5.74, 6) is -0.754. The molecule has 0 saturated carbocycles. The van der Waals surface area contributed by atoms with E-state index in [-0.39, 0.29) is 12.4 Å². The number of rotatable bonds is 4. The lowest BCUT2D eigenvalue weighted by atomic mass is 9.98. The summed E-state index contributed by atoms with van der Waals surface area (Å²) in [5, 5.41) is 12.9. The molecule has 1 N–H and O–H groups in total. The third-order valence-corrected chi connectivity index (χ3v) is 5.44. The van der Waals surface area contributed by atoms with Crippen molar-refractivity contribution in [3.63, 3.8) is 0 Å². The molecule has 0 radical (unpaired) electrons. The van der Waals surface area contributed by atoms with Gasteiger partial charge in [-0.2, -0.15) is 5.26 Å². The highest BCUT2D eigenvalue weighted by Crippen LogP contribution is 2.33. The summed E-state index contributed by atoms with van der Waals surface area (Å²) in [6.45, 7) is 5.36. The van der Waals surface area contributed by atoms with Crippen molar-refractivity contribution in [1.82, 2.24) is 0 Å². The number of anilines is 1. The lowest BCUT2D eigenvalue weighted by molar-refractivity contribution is 0.600. The second-order valence-electron chi connectivity index (χ2n) is 7.77.